The number of ether oxygens (including phenoxy) is 4. The van der Waals surface area contributed by atoms with Gasteiger partial charge in [-0.05, 0) is 24.1 Å². The predicted molar refractivity (Wildman–Crippen MR) is 121 cm³/mol. The third kappa shape index (κ3) is 5.92. The Morgan fingerprint density at radius 1 is 0.939 bits per heavy atom. The van der Waals surface area contributed by atoms with Gasteiger partial charge in [-0.1, -0.05) is 17.7 Å². The van der Waals surface area contributed by atoms with Crippen LogP contribution in [0.2, 0.25) is 5.02 Å². The van der Waals surface area contributed by atoms with Crippen molar-refractivity contribution in [3.63, 3.8) is 0 Å². The van der Waals surface area contributed by atoms with E-state index in [2.05, 4.69) is 0 Å². The molecule has 33 heavy (non-hydrogen) atoms. The van der Waals surface area contributed by atoms with Gasteiger partial charge in [-0.2, -0.15) is 0 Å². The zero-order valence-electron chi connectivity index (χ0n) is 18.7. The third-order valence-corrected chi connectivity index (χ3v) is 7.19. The van der Waals surface area contributed by atoms with Gasteiger partial charge in [-0.15, -0.1) is 11.8 Å². The van der Waals surface area contributed by atoms with Gasteiger partial charge < -0.3 is 23.8 Å². The summed E-state index contributed by atoms with van der Waals surface area (Å²) in [5, 5.41) is -0.474. The van der Waals surface area contributed by atoms with E-state index in [1.165, 1.54) is 39.5 Å². The van der Waals surface area contributed by atoms with Crippen molar-refractivity contribution in [1.82, 2.24) is 0 Å². The zero-order chi connectivity index (χ0) is 24.3. The second-order valence-electron chi connectivity index (χ2n) is 7.77. The lowest BCUT2D eigenvalue weighted by Gasteiger charge is -2.47. The number of benzene rings is 1. The quantitative estimate of drug-likeness (QED) is 0.427. The lowest BCUT2D eigenvalue weighted by molar-refractivity contribution is -0.185. The fourth-order valence-electron chi connectivity index (χ4n) is 4.14. The lowest BCUT2D eigenvalue weighted by Crippen LogP contribution is -2.62. The molecule has 180 valence electrons. The van der Waals surface area contributed by atoms with E-state index in [0.717, 1.165) is 11.3 Å². The molecule has 1 fully saturated rings. The molecule has 0 radical (unpaired) electrons. The SMILES string of the molecule is CC(=O)OC[C@H]1S[C@@H](N2CCc3c(Cl)cccc32)[C@H](OC(C)=O)[C@@H](OC(C)=O)[C@@H]1OC(C)=O. The summed E-state index contributed by atoms with van der Waals surface area (Å²) in [4.78, 5) is 49.4. The molecule has 2 aliphatic heterocycles. The maximum Gasteiger partial charge on any atom is 0.303 e. The molecule has 0 amide bonds. The van der Waals surface area contributed by atoms with E-state index < -0.39 is 52.8 Å². The van der Waals surface area contributed by atoms with E-state index >= 15 is 0 Å². The molecule has 11 heteroatoms. The number of hydrogen-bond acceptors (Lipinski definition) is 10. The van der Waals surface area contributed by atoms with Gasteiger partial charge in [0.2, 0.25) is 0 Å². The minimum Gasteiger partial charge on any atom is -0.465 e. The molecule has 0 saturated carbocycles. The molecule has 0 spiro atoms. The van der Waals surface area contributed by atoms with Crippen LogP contribution in [-0.4, -0.2) is 66.0 Å². The Morgan fingerprint density at radius 2 is 1.55 bits per heavy atom. The average molecular weight is 500 g/mol. The standard InChI is InChI=1S/C22H26ClNO8S/c1-11(25)29-10-18-19(30-12(2)26)20(31-13(3)27)21(32-14(4)28)22(33-18)24-9-8-15-16(23)6-5-7-17(15)24/h5-7,18-22H,8-10H2,1-4H3/t18-,19-,20+,21-,22-/m1/s1. The summed E-state index contributed by atoms with van der Waals surface area (Å²) in [7, 11) is 0. The molecule has 1 saturated heterocycles. The highest BCUT2D eigenvalue weighted by Crippen LogP contribution is 2.44. The number of carbonyl (C=O) groups is 4. The summed E-state index contributed by atoms with van der Waals surface area (Å²) >= 11 is 7.71. The first kappa shape index (κ1) is 25.2. The highest BCUT2D eigenvalue weighted by molar-refractivity contribution is 8.00. The van der Waals surface area contributed by atoms with Crippen LogP contribution in [0.15, 0.2) is 18.2 Å². The Bertz CT molecular complexity index is 941. The molecule has 0 aliphatic carbocycles. The number of esters is 4. The van der Waals surface area contributed by atoms with Gasteiger partial charge in [0, 0.05) is 44.9 Å². The summed E-state index contributed by atoms with van der Waals surface area (Å²) in [6, 6.07) is 5.55. The van der Waals surface area contributed by atoms with Gasteiger partial charge >= 0.3 is 23.9 Å². The van der Waals surface area contributed by atoms with Crippen LogP contribution in [0.3, 0.4) is 0 Å². The van der Waals surface area contributed by atoms with Crippen LogP contribution in [0.25, 0.3) is 0 Å². The Kier molecular flexibility index (Phi) is 8.12. The first-order valence-corrected chi connectivity index (χ1v) is 11.7. The minimum absolute atomic E-state index is 0.0880. The van der Waals surface area contributed by atoms with E-state index in [1.54, 1.807) is 0 Å². The highest BCUT2D eigenvalue weighted by Gasteiger charge is 2.54. The molecule has 9 nitrogen and oxygen atoms in total. The number of carbonyl (C=O) groups excluding carboxylic acids is 4. The van der Waals surface area contributed by atoms with Crippen molar-refractivity contribution >= 4 is 52.9 Å². The highest BCUT2D eigenvalue weighted by atomic mass is 35.5. The van der Waals surface area contributed by atoms with Gasteiger partial charge in [0.15, 0.2) is 18.3 Å². The molecule has 1 aromatic carbocycles. The lowest BCUT2D eigenvalue weighted by atomic mass is 10.0. The zero-order valence-corrected chi connectivity index (χ0v) is 20.3. The van der Waals surface area contributed by atoms with Crippen LogP contribution in [0.4, 0.5) is 5.69 Å². The second-order valence-corrected chi connectivity index (χ2v) is 9.54. The van der Waals surface area contributed by atoms with E-state index in [-0.39, 0.29) is 6.61 Å². The third-order valence-electron chi connectivity index (χ3n) is 5.28. The van der Waals surface area contributed by atoms with Crippen LogP contribution in [0.5, 0.6) is 0 Å². The minimum atomic E-state index is -1.11. The van der Waals surface area contributed by atoms with E-state index in [0.29, 0.717) is 18.0 Å². The van der Waals surface area contributed by atoms with Gasteiger partial charge in [-0.25, -0.2) is 0 Å². The van der Waals surface area contributed by atoms with E-state index in [9.17, 15) is 19.2 Å². The topological polar surface area (TPSA) is 108 Å². The van der Waals surface area contributed by atoms with Crippen molar-refractivity contribution in [3.8, 4) is 0 Å². The molecule has 0 bridgehead atoms. The van der Waals surface area contributed by atoms with Crippen molar-refractivity contribution in [2.24, 2.45) is 0 Å². The second kappa shape index (κ2) is 10.6. The van der Waals surface area contributed by atoms with Crippen LogP contribution < -0.4 is 4.90 Å². The molecule has 2 aliphatic rings. The van der Waals surface area contributed by atoms with Crippen molar-refractivity contribution < 1.29 is 38.1 Å². The number of rotatable bonds is 6. The van der Waals surface area contributed by atoms with Crippen molar-refractivity contribution in [3.05, 3.63) is 28.8 Å². The molecule has 0 N–H and O–H groups in total. The summed E-state index contributed by atoms with van der Waals surface area (Å²) in [6.07, 6.45) is -2.39. The van der Waals surface area contributed by atoms with Crippen molar-refractivity contribution in [2.45, 2.75) is 63.1 Å². The molecule has 2 heterocycles. The van der Waals surface area contributed by atoms with Crippen molar-refractivity contribution in [2.75, 3.05) is 18.1 Å². The monoisotopic (exact) mass is 499 g/mol. The number of thioether (sulfide) groups is 1. The van der Waals surface area contributed by atoms with Gasteiger partial charge in [0.1, 0.15) is 12.0 Å². The summed E-state index contributed by atoms with van der Waals surface area (Å²) in [5.41, 5.74) is 1.83. The maximum absolute atomic E-state index is 12.0. The first-order chi connectivity index (χ1) is 15.6. The molecule has 5 atom stereocenters. The fraction of sp³-hybridized carbons (Fsp3) is 0.545. The van der Waals surface area contributed by atoms with Gasteiger partial charge in [0.05, 0.1) is 5.25 Å². The van der Waals surface area contributed by atoms with Crippen LogP contribution in [-0.2, 0) is 44.5 Å². The summed E-state index contributed by atoms with van der Waals surface area (Å²) in [5.74, 6) is -2.31. The molecule has 0 unspecified atom stereocenters. The number of fused-ring (bicyclic) bond motifs is 1. The van der Waals surface area contributed by atoms with Crippen LogP contribution >= 0.6 is 23.4 Å². The Labute approximate surface area is 201 Å². The summed E-state index contributed by atoms with van der Waals surface area (Å²) < 4.78 is 21.9. The predicted octanol–water partition coefficient (Wildman–Crippen LogP) is 2.50. The number of nitrogens with zero attached hydrogens (tertiary/aromatic N) is 1. The Hall–Kier alpha value is -2.46. The molecule has 3 rings (SSSR count). The molecule has 0 aromatic heterocycles. The largest absolute Gasteiger partial charge is 0.465 e. The van der Waals surface area contributed by atoms with Gasteiger partial charge in [0.25, 0.3) is 0 Å². The van der Waals surface area contributed by atoms with Crippen LogP contribution in [0.1, 0.15) is 33.3 Å². The fourth-order valence-corrected chi connectivity index (χ4v) is 6.00. The number of anilines is 1. The Morgan fingerprint density at radius 3 is 2.15 bits per heavy atom. The van der Waals surface area contributed by atoms with Crippen molar-refractivity contribution in [1.29, 1.82) is 0 Å². The number of hydrogen-bond donors (Lipinski definition) is 0. The number of halogens is 1. The van der Waals surface area contributed by atoms with Gasteiger partial charge in [-0.3, -0.25) is 19.2 Å². The molecule has 1 aromatic rings. The van der Waals surface area contributed by atoms with E-state index in [1.807, 2.05) is 23.1 Å². The Balaban J connectivity index is 2.05. The van der Waals surface area contributed by atoms with Crippen LogP contribution in [0, 0.1) is 0 Å². The normalized spacial score (nSPS) is 26.2. The molecular weight excluding hydrogens is 474 g/mol. The van der Waals surface area contributed by atoms with E-state index in [4.69, 9.17) is 30.5 Å². The summed E-state index contributed by atoms with van der Waals surface area (Å²) in [6.45, 7) is 5.47. The average Bonchev–Trinajstić information content (AvgIpc) is 3.14. The maximum atomic E-state index is 12.0. The first-order valence-electron chi connectivity index (χ1n) is 10.4. The molecular formula is C22H26ClNO8S. The smallest absolute Gasteiger partial charge is 0.303 e.